The van der Waals surface area contributed by atoms with Crippen molar-refractivity contribution in [1.82, 2.24) is 10.6 Å². The van der Waals surface area contributed by atoms with Crippen LogP contribution >= 0.6 is 23.1 Å². The van der Waals surface area contributed by atoms with Crippen molar-refractivity contribution in [1.29, 1.82) is 0 Å². The number of aliphatic hydroxyl groups is 1. The van der Waals surface area contributed by atoms with E-state index in [-0.39, 0.29) is 18.6 Å². The first kappa shape index (κ1) is 17.3. The number of rotatable bonds is 8. The highest BCUT2D eigenvalue weighted by atomic mass is 32.2. The molecule has 2 atom stereocenters. The Kier molecular flexibility index (Phi) is 7.40. The fraction of sp³-hybridized carbons (Fsp3) is 0.643. The van der Waals surface area contributed by atoms with E-state index in [1.807, 2.05) is 35.5 Å². The third kappa shape index (κ3) is 6.15. The first-order valence-corrected chi connectivity index (χ1v) is 8.92. The van der Waals surface area contributed by atoms with Crippen molar-refractivity contribution < 1.29 is 9.90 Å². The van der Waals surface area contributed by atoms with Crippen molar-refractivity contribution >= 4 is 29.1 Å². The van der Waals surface area contributed by atoms with E-state index in [1.54, 1.807) is 6.92 Å². The minimum Gasteiger partial charge on any atom is -0.384 e. The molecule has 0 spiro atoms. The monoisotopic (exact) mass is 316 g/mol. The molecule has 0 bridgehead atoms. The molecule has 0 fully saturated rings. The molecule has 1 aromatic heterocycles. The minimum atomic E-state index is -1.03. The molecule has 1 aromatic rings. The van der Waals surface area contributed by atoms with E-state index < -0.39 is 5.60 Å². The molecule has 20 heavy (non-hydrogen) atoms. The summed E-state index contributed by atoms with van der Waals surface area (Å²) >= 11 is 3.40. The van der Waals surface area contributed by atoms with Gasteiger partial charge in [-0.3, -0.25) is 0 Å². The van der Waals surface area contributed by atoms with Crippen LogP contribution in [0.4, 0.5) is 4.79 Å². The lowest BCUT2D eigenvalue weighted by molar-refractivity contribution is 0.0597. The molecular weight excluding hydrogens is 292 g/mol. The summed E-state index contributed by atoms with van der Waals surface area (Å²) in [5.74, 6) is 2.15. The molecule has 2 unspecified atom stereocenters. The van der Waals surface area contributed by atoms with Gasteiger partial charge >= 0.3 is 6.03 Å². The topological polar surface area (TPSA) is 61.4 Å². The summed E-state index contributed by atoms with van der Waals surface area (Å²) in [5, 5.41) is 19.7. The van der Waals surface area contributed by atoms with Gasteiger partial charge in [0.05, 0.1) is 6.54 Å². The molecule has 1 rings (SSSR count). The van der Waals surface area contributed by atoms with Crippen LogP contribution in [0.25, 0.3) is 0 Å². The summed E-state index contributed by atoms with van der Waals surface area (Å²) in [6.07, 6.45) is 0.951. The molecule has 0 aliphatic carbocycles. The third-order valence-corrected chi connectivity index (χ3v) is 4.63. The summed E-state index contributed by atoms with van der Waals surface area (Å²) < 4.78 is 0. The van der Waals surface area contributed by atoms with E-state index in [2.05, 4.69) is 17.6 Å². The summed E-state index contributed by atoms with van der Waals surface area (Å²) in [5.41, 5.74) is -0.200. The normalized spacial score (nSPS) is 15.4. The van der Waals surface area contributed by atoms with Crippen molar-refractivity contribution in [3.05, 3.63) is 22.4 Å². The van der Waals surface area contributed by atoms with Crippen LogP contribution in [-0.2, 0) is 5.60 Å². The zero-order valence-corrected chi connectivity index (χ0v) is 13.9. The maximum atomic E-state index is 11.8. The molecule has 0 saturated heterocycles. The SMILES string of the molecule is CCSCCC(C)NC(=O)NCC(C)(O)c1ccsc1. The second-order valence-electron chi connectivity index (χ2n) is 5.00. The van der Waals surface area contributed by atoms with Crippen molar-refractivity contribution in [2.24, 2.45) is 0 Å². The summed E-state index contributed by atoms with van der Waals surface area (Å²) in [6, 6.07) is 1.78. The number of hydrogen-bond acceptors (Lipinski definition) is 4. The van der Waals surface area contributed by atoms with Gasteiger partial charge in [0.15, 0.2) is 0 Å². The Labute approximate surface area is 129 Å². The molecule has 0 aliphatic heterocycles. The summed E-state index contributed by atoms with van der Waals surface area (Å²) in [4.78, 5) is 11.8. The molecule has 6 heteroatoms. The third-order valence-electron chi connectivity index (χ3n) is 3.01. The van der Waals surface area contributed by atoms with E-state index >= 15 is 0 Å². The van der Waals surface area contributed by atoms with Gasteiger partial charge in [-0.1, -0.05) is 6.92 Å². The van der Waals surface area contributed by atoms with Gasteiger partial charge < -0.3 is 15.7 Å². The van der Waals surface area contributed by atoms with Gasteiger partial charge in [0.1, 0.15) is 5.60 Å². The number of nitrogens with one attached hydrogen (secondary N) is 2. The quantitative estimate of drug-likeness (QED) is 0.646. The summed E-state index contributed by atoms with van der Waals surface area (Å²) in [6.45, 7) is 6.03. The van der Waals surface area contributed by atoms with Gasteiger partial charge in [-0.25, -0.2) is 4.79 Å². The molecule has 2 amide bonds. The number of urea groups is 1. The molecule has 1 heterocycles. The molecule has 3 N–H and O–H groups in total. The molecule has 114 valence electrons. The first-order valence-electron chi connectivity index (χ1n) is 6.83. The Hall–Kier alpha value is -0.720. The predicted molar refractivity (Wildman–Crippen MR) is 87.5 cm³/mol. The maximum Gasteiger partial charge on any atom is 0.315 e. The van der Waals surface area contributed by atoms with Crippen molar-refractivity contribution in [2.45, 2.75) is 38.8 Å². The molecule has 0 saturated carbocycles. The lowest BCUT2D eigenvalue weighted by Gasteiger charge is -2.23. The van der Waals surface area contributed by atoms with Gasteiger partial charge in [0.2, 0.25) is 0 Å². The largest absolute Gasteiger partial charge is 0.384 e. The average molecular weight is 316 g/mol. The summed E-state index contributed by atoms with van der Waals surface area (Å²) in [7, 11) is 0. The smallest absolute Gasteiger partial charge is 0.315 e. The van der Waals surface area contributed by atoms with Crippen LogP contribution in [0.5, 0.6) is 0 Å². The number of thiophene rings is 1. The number of hydrogen-bond donors (Lipinski definition) is 3. The fourth-order valence-corrected chi connectivity index (χ4v) is 3.27. The highest BCUT2D eigenvalue weighted by Gasteiger charge is 2.24. The second-order valence-corrected chi connectivity index (χ2v) is 7.17. The lowest BCUT2D eigenvalue weighted by Crippen LogP contribution is -2.46. The number of thioether (sulfide) groups is 1. The Morgan fingerprint density at radius 3 is 2.95 bits per heavy atom. The van der Waals surface area contributed by atoms with Crippen LogP contribution in [0.2, 0.25) is 0 Å². The first-order chi connectivity index (χ1) is 9.45. The van der Waals surface area contributed by atoms with Crippen LogP contribution in [0.3, 0.4) is 0 Å². The fourth-order valence-electron chi connectivity index (χ4n) is 1.68. The zero-order chi connectivity index (χ0) is 15.0. The van der Waals surface area contributed by atoms with Gasteiger partial charge in [0.25, 0.3) is 0 Å². The van der Waals surface area contributed by atoms with Crippen molar-refractivity contribution in [3.63, 3.8) is 0 Å². The molecular formula is C14H24N2O2S2. The van der Waals surface area contributed by atoms with Gasteiger partial charge in [-0.2, -0.15) is 23.1 Å². The molecule has 0 aromatic carbocycles. The van der Waals surface area contributed by atoms with E-state index in [0.717, 1.165) is 23.5 Å². The van der Waals surface area contributed by atoms with Crippen LogP contribution in [0, 0.1) is 0 Å². The molecule has 0 aliphatic rings. The van der Waals surface area contributed by atoms with Gasteiger partial charge in [0, 0.05) is 6.04 Å². The number of carbonyl (C=O) groups excluding carboxylic acids is 1. The van der Waals surface area contributed by atoms with Crippen LogP contribution in [-0.4, -0.2) is 35.2 Å². The van der Waals surface area contributed by atoms with Crippen LogP contribution in [0.15, 0.2) is 16.8 Å². The second kappa shape index (κ2) is 8.54. The number of carbonyl (C=O) groups is 1. The van der Waals surface area contributed by atoms with E-state index in [4.69, 9.17) is 0 Å². The Morgan fingerprint density at radius 1 is 1.60 bits per heavy atom. The van der Waals surface area contributed by atoms with E-state index in [1.165, 1.54) is 11.3 Å². The minimum absolute atomic E-state index is 0.139. The zero-order valence-electron chi connectivity index (χ0n) is 12.3. The predicted octanol–water partition coefficient (Wildman–Crippen LogP) is 2.79. The maximum absolute atomic E-state index is 11.8. The van der Waals surface area contributed by atoms with Crippen molar-refractivity contribution in [2.75, 3.05) is 18.1 Å². The van der Waals surface area contributed by atoms with Gasteiger partial charge in [-0.05, 0) is 54.2 Å². The van der Waals surface area contributed by atoms with E-state index in [9.17, 15) is 9.90 Å². The average Bonchev–Trinajstić information content (AvgIpc) is 2.91. The van der Waals surface area contributed by atoms with Crippen LogP contribution in [0.1, 0.15) is 32.8 Å². The molecule has 4 nitrogen and oxygen atoms in total. The Morgan fingerprint density at radius 2 is 2.35 bits per heavy atom. The Bertz CT molecular complexity index is 394. The standard InChI is InChI=1S/C14H24N2O2S2/c1-4-19-7-5-11(2)16-13(17)15-10-14(3,18)12-6-8-20-9-12/h6,8-9,11,18H,4-5,7,10H2,1-3H3,(H2,15,16,17). The highest BCUT2D eigenvalue weighted by molar-refractivity contribution is 7.99. The Balaban J connectivity index is 2.29. The number of amides is 2. The molecule has 0 radical (unpaired) electrons. The highest BCUT2D eigenvalue weighted by Crippen LogP contribution is 2.21. The lowest BCUT2D eigenvalue weighted by atomic mass is 9.99. The van der Waals surface area contributed by atoms with E-state index in [0.29, 0.717) is 0 Å². The van der Waals surface area contributed by atoms with Gasteiger partial charge in [-0.15, -0.1) is 0 Å². The van der Waals surface area contributed by atoms with Crippen LogP contribution < -0.4 is 10.6 Å². The van der Waals surface area contributed by atoms with Crippen molar-refractivity contribution in [3.8, 4) is 0 Å².